The van der Waals surface area contributed by atoms with Crippen molar-refractivity contribution in [3.05, 3.63) is 28.8 Å². The molecular weight excluding hydrogens is 269 g/mol. The molecule has 1 fully saturated rings. The van der Waals surface area contributed by atoms with Crippen LogP contribution >= 0.6 is 23.2 Å². The molecule has 1 aromatic carbocycles. The van der Waals surface area contributed by atoms with Crippen LogP contribution in [0.4, 0.5) is 5.69 Å². The number of anilines is 1. The van der Waals surface area contributed by atoms with Crippen molar-refractivity contribution >= 4 is 28.9 Å². The molecule has 0 N–H and O–H groups in total. The Labute approximate surface area is 119 Å². The Morgan fingerprint density at radius 1 is 1.33 bits per heavy atom. The second kappa shape index (κ2) is 6.65. The molecule has 1 aromatic rings. The van der Waals surface area contributed by atoms with E-state index in [1.807, 2.05) is 6.07 Å². The number of nitrogens with zero attached hydrogens (tertiary/aromatic N) is 1. The predicted octanol–water partition coefficient (Wildman–Crippen LogP) is 3.94. The molecular formula is C14H19Cl2NO. The molecule has 0 spiro atoms. The first-order chi connectivity index (χ1) is 8.74. The number of piperidine rings is 1. The number of hydrogen-bond donors (Lipinski definition) is 0. The van der Waals surface area contributed by atoms with Crippen molar-refractivity contribution in [3.8, 4) is 0 Å². The highest BCUT2D eigenvalue weighted by Crippen LogP contribution is 2.30. The van der Waals surface area contributed by atoms with Crippen LogP contribution in [0.15, 0.2) is 18.2 Å². The summed E-state index contributed by atoms with van der Waals surface area (Å²) in [6.07, 6.45) is 2.34. The maximum atomic E-state index is 6.31. The van der Waals surface area contributed by atoms with Crippen molar-refractivity contribution in [2.45, 2.75) is 18.7 Å². The van der Waals surface area contributed by atoms with E-state index in [0.29, 0.717) is 11.8 Å². The van der Waals surface area contributed by atoms with Crippen LogP contribution < -0.4 is 4.90 Å². The smallest absolute Gasteiger partial charge is 0.0642 e. The minimum Gasteiger partial charge on any atom is -0.384 e. The molecule has 0 bridgehead atoms. The second-order valence-corrected chi connectivity index (χ2v) is 5.48. The van der Waals surface area contributed by atoms with Crippen molar-refractivity contribution in [2.75, 3.05) is 31.7 Å². The molecule has 1 heterocycles. The van der Waals surface area contributed by atoms with Gasteiger partial charge in [-0.15, -0.1) is 11.6 Å². The number of rotatable bonds is 4. The molecule has 0 amide bonds. The number of alkyl halides is 1. The Morgan fingerprint density at radius 2 is 2.06 bits per heavy atom. The third kappa shape index (κ3) is 3.31. The van der Waals surface area contributed by atoms with Gasteiger partial charge in [0.15, 0.2) is 0 Å². The van der Waals surface area contributed by atoms with E-state index in [-0.39, 0.29) is 0 Å². The minimum absolute atomic E-state index is 0.510. The minimum atomic E-state index is 0.510. The lowest BCUT2D eigenvalue weighted by Crippen LogP contribution is -2.35. The van der Waals surface area contributed by atoms with Crippen molar-refractivity contribution in [1.82, 2.24) is 0 Å². The van der Waals surface area contributed by atoms with Crippen LogP contribution in [0.2, 0.25) is 5.02 Å². The summed E-state index contributed by atoms with van der Waals surface area (Å²) in [7, 11) is 1.77. The predicted molar refractivity (Wildman–Crippen MR) is 77.8 cm³/mol. The fourth-order valence-electron chi connectivity index (χ4n) is 2.47. The summed E-state index contributed by atoms with van der Waals surface area (Å²) in [5.74, 6) is 1.20. The monoisotopic (exact) mass is 287 g/mol. The largest absolute Gasteiger partial charge is 0.384 e. The van der Waals surface area contributed by atoms with Gasteiger partial charge in [-0.1, -0.05) is 17.7 Å². The third-order valence-electron chi connectivity index (χ3n) is 3.52. The lowest BCUT2D eigenvalue weighted by molar-refractivity contribution is 0.139. The number of ether oxygens (including phenoxy) is 1. The van der Waals surface area contributed by atoms with Crippen LogP contribution in [-0.4, -0.2) is 26.8 Å². The Hall–Kier alpha value is -0.440. The Bertz CT molecular complexity index is 389. The molecule has 0 saturated carbocycles. The Morgan fingerprint density at radius 3 is 2.61 bits per heavy atom. The van der Waals surface area contributed by atoms with E-state index in [1.165, 1.54) is 12.8 Å². The van der Waals surface area contributed by atoms with E-state index >= 15 is 0 Å². The molecule has 0 unspecified atom stereocenters. The van der Waals surface area contributed by atoms with E-state index in [0.717, 1.165) is 36.0 Å². The molecule has 1 aliphatic heterocycles. The zero-order valence-electron chi connectivity index (χ0n) is 10.7. The first-order valence-corrected chi connectivity index (χ1v) is 7.24. The molecule has 2 rings (SSSR count). The van der Waals surface area contributed by atoms with Crippen LogP contribution in [0.5, 0.6) is 0 Å². The highest BCUT2D eigenvalue weighted by Gasteiger charge is 2.20. The number of hydrogen-bond acceptors (Lipinski definition) is 2. The molecule has 0 aromatic heterocycles. The van der Waals surface area contributed by atoms with Crippen LogP contribution in [0.3, 0.4) is 0 Å². The summed E-state index contributed by atoms with van der Waals surface area (Å²) >= 11 is 12.1. The van der Waals surface area contributed by atoms with Crippen LogP contribution in [0.1, 0.15) is 18.4 Å². The summed E-state index contributed by atoms with van der Waals surface area (Å²) in [4.78, 5) is 2.35. The first kappa shape index (κ1) is 14.0. The SMILES string of the molecule is COCC1CCN(c2ccc(CCl)cc2Cl)CC1. The lowest BCUT2D eigenvalue weighted by Gasteiger charge is -2.34. The first-order valence-electron chi connectivity index (χ1n) is 6.33. The van der Waals surface area contributed by atoms with E-state index < -0.39 is 0 Å². The van der Waals surface area contributed by atoms with Crippen molar-refractivity contribution in [3.63, 3.8) is 0 Å². The summed E-state index contributed by atoms with van der Waals surface area (Å²) in [6.45, 7) is 2.97. The lowest BCUT2D eigenvalue weighted by atomic mass is 9.97. The van der Waals surface area contributed by atoms with Gasteiger partial charge in [-0.2, -0.15) is 0 Å². The zero-order valence-corrected chi connectivity index (χ0v) is 12.2. The van der Waals surface area contributed by atoms with E-state index in [1.54, 1.807) is 7.11 Å². The van der Waals surface area contributed by atoms with Gasteiger partial charge in [-0.3, -0.25) is 0 Å². The van der Waals surface area contributed by atoms with Gasteiger partial charge in [0.1, 0.15) is 0 Å². The maximum absolute atomic E-state index is 6.31. The average Bonchev–Trinajstić information content (AvgIpc) is 2.40. The van der Waals surface area contributed by atoms with Crippen LogP contribution in [-0.2, 0) is 10.6 Å². The molecule has 1 aliphatic rings. The van der Waals surface area contributed by atoms with Gasteiger partial charge in [0.25, 0.3) is 0 Å². The quantitative estimate of drug-likeness (QED) is 0.778. The summed E-state index contributed by atoms with van der Waals surface area (Å²) in [5, 5.41) is 0.804. The fourth-order valence-corrected chi connectivity index (χ4v) is 2.96. The molecule has 100 valence electrons. The summed E-state index contributed by atoms with van der Waals surface area (Å²) < 4.78 is 5.22. The molecule has 18 heavy (non-hydrogen) atoms. The zero-order chi connectivity index (χ0) is 13.0. The van der Waals surface area contributed by atoms with Gasteiger partial charge >= 0.3 is 0 Å². The molecule has 2 nitrogen and oxygen atoms in total. The third-order valence-corrected chi connectivity index (χ3v) is 4.14. The molecule has 1 saturated heterocycles. The van der Waals surface area contributed by atoms with Crippen molar-refractivity contribution < 1.29 is 4.74 Å². The molecule has 0 atom stereocenters. The molecule has 0 radical (unpaired) electrons. The molecule has 0 aliphatic carbocycles. The highest BCUT2D eigenvalue weighted by atomic mass is 35.5. The number of methoxy groups -OCH3 is 1. The fraction of sp³-hybridized carbons (Fsp3) is 0.571. The number of benzene rings is 1. The van der Waals surface area contributed by atoms with Gasteiger partial charge < -0.3 is 9.64 Å². The molecule has 4 heteroatoms. The van der Waals surface area contributed by atoms with E-state index in [9.17, 15) is 0 Å². The Balaban J connectivity index is 2.01. The Kier molecular flexibility index (Phi) is 5.16. The van der Waals surface area contributed by atoms with Gasteiger partial charge in [-0.25, -0.2) is 0 Å². The van der Waals surface area contributed by atoms with E-state index in [4.69, 9.17) is 27.9 Å². The average molecular weight is 288 g/mol. The number of halogens is 2. The highest BCUT2D eigenvalue weighted by molar-refractivity contribution is 6.33. The van der Waals surface area contributed by atoms with Gasteiger partial charge in [-0.05, 0) is 36.5 Å². The van der Waals surface area contributed by atoms with Gasteiger partial charge in [0.2, 0.25) is 0 Å². The van der Waals surface area contributed by atoms with Crippen molar-refractivity contribution in [2.24, 2.45) is 5.92 Å². The second-order valence-electron chi connectivity index (χ2n) is 4.81. The van der Waals surface area contributed by atoms with Crippen molar-refractivity contribution in [1.29, 1.82) is 0 Å². The summed E-state index contributed by atoms with van der Waals surface area (Å²) in [5.41, 5.74) is 2.20. The normalized spacial score (nSPS) is 17.2. The van der Waals surface area contributed by atoms with Crippen LogP contribution in [0.25, 0.3) is 0 Å². The van der Waals surface area contributed by atoms with Crippen LogP contribution in [0, 0.1) is 5.92 Å². The summed E-state index contributed by atoms with van der Waals surface area (Å²) in [6, 6.07) is 6.09. The standard InChI is InChI=1S/C14H19Cl2NO/c1-18-10-11-4-6-17(7-5-11)14-3-2-12(9-15)8-13(14)16/h2-3,8,11H,4-7,9-10H2,1H3. The van der Waals surface area contributed by atoms with E-state index in [2.05, 4.69) is 17.0 Å². The maximum Gasteiger partial charge on any atom is 0.0642 e. The van der Waals surface area contributed by atoms with Gasteiger partial charge in [0.05, 0.1) is 10.7 Å². The topological polar surface area (TPSA) is 12.5 Å². The van der Waals surface area contributed by atoms with Gasteiger partial charge in [0, 0.05) is 32.7 Å².